The van der Waals surface area contributed by atoms with Crippen molar-refractivity contribution in [3.8, 4) is 12.3 Å². The highest BCUT2D eigenvalue weighted by molar-refractivity contribution is 4.98. The van der Waals surface area contributed by atoms with E-state index in [9.17, 15) is 13.2 Å². The molecule has 0 aliphatic heterocycles. The molecule has 0 fully saturated rings. The Balaban J connectivity index is 3.59. The Labute approximate surface area is 81.8 Å². The highest BCUT2D eigenvalue weighted by atomic mass is 19.4. The van der Waals surface area contributed by atoms with Gasteiger partial charge in [0.05, 0.1) is 12.6 Å². The summed E-state index contributed by atoms with van der Waals surface area (Å²) in [4.78, 5) is 0. The van der Waals surface area contributed by atoms with Gasteiger partial charge in [-0.05, 0) is 13.0 Å². The predicted octanol–water partition coefficient (Wildman–Crippen LogP) is 1.57. The molecule has 1 N–H and O–H groups in total. The van der Waals surface area contributed by atoms with Crippen LogP contribution in [-0.2, 0) is 4.74 Å². The van der Waals surface area contributed by atoms with Crippen molar-refractivity contribution < 1.29 is 17.9 Å². The summed E-state index contributed by atoms with van der Waals surface area (Å²) in [5, 5.41) is 2.88. The summed E-state index contributed by atoms with van der Waals surface area (Å²) >= 11 is 0. The molecule has 0 aliphatic rings. The zero-order valence-corrected chi connectivity index (χ0v) is 8.03. The number of ether oxygens (including phenoxy) is 1. The maximum Gasteiger partial charge on any atom is 0.411 e. The average molecular weight is 209 g/mol. The van der Waals surface area contributed by atoms with E-state index in [0.29, 0.717) is 6.54 Å². The van der Waals surface area contributed by atoms with Gasteiger partial charge in [0.1, 0.15) is 6.61 Å². The molecule has 0 aromatic rings. The molecule has 5 heteroatoms. The van der Waals surface area contributed by atoms with E-state index in [1.54, 1.807) is 0 Å². The van der Waals surface area contributed by atoms with Crippen LogP contribution in [0.25, 0.3) is 0 Å². The van der Waals surface area contributed by atoms with Crippen LogP contribution in [0.4, 0.5) is 13.2 Å². The van der Waals surface area contributed by atoms with Crippen LogP contribution in [0.5, 0.6) is 0 Å². The molecule has 0 spiro atoms. The molecule has 0 saturated heterocycles. The van der Waals surface area contributed by atoms with Crippen LogP contribution in [0.3, 0.4) is 0 Å². The van der Waals surface area contributed by atoms with Gasteiger partial charge in [0.25, 0.3) is 0 Å². The first-order valence-electron chi connectivity index (χ1n) is 4.33. The van der Waals surface area contributed by atoms with E-state index in [0.717, 1.165) is 6.42 Å². The van der Waals surface area contributed by atoms with Gasteiger partial charge in [-0.1, -0.05) is 12.8 Å². The smallest absolute Gasteiger partial charge is 0.369 e. The van der Waals surface area contributed by atoms with Crippen molar-refractivity contribution in [1.82, 2.24) is 5.32 Å². The maximum absolute atomic E-state index is 11.7. The van der Waals surface area contributed by atoms with E-state index in [4.69, 9.17) is 6.42 Å². The standard InChI is InChI=1S/C9H14F3NO/c1-3-5-13-8(4-2)6-14-7-9(10,11)12/h2,8,13H,3,5-7H2,1H3. The minimum absolute atomic E-state index is 0.115. The van der Waals surface area contributed by atoms with Crippen LogP contribution in [0.2, 0.25) is 0 Å². The number of hydrogen-bond donors (Lipinski definition) is 1. The monoisotopic (exact) mass is 209 g/mol. The Morgan fingerprint density at radius 1 is 1.50 bits per heavy atom. The van der Waals surface area contributed by atoms with Crippen molar-refractivity contribution in [3.05, 3.63) is 0 Å². The van der Waals surface area contributed by atoms with Gasteiger partial charge in [0.2, 0.25) is 0 Å². The van der Waals surface area contributed by atoms with Gasteiger partial charge in [0.15, 0.2) is 0 Å². The molecule has 0 bridgehead atoms. The summed E-state index contributed by atoms with van der Waals surface area (Å²) in [6.07, 6.45) is 1.67. The maximum atomic E-state index is 11.7. The molecule has 0 rings (SSSR count). The second-order valence-corrected chi connectivity index (χ2v) is 2.80. The quantitative estimate of drug-likeness (QED) is 0.670. The fraction of sp³-hybridized carbons (Fsp3) is 0.778. The number of terminal acetylenes is 1. The number of halogens is 3. The summed E-state index contributed by atoms with van der Waals surface area (Å²) in [5.74, 6) is 2.32. The van der Waals surface area contributed by atoms with Crippen LogP contribution in [-0.4, -0.2) is 32.0 Å². The molecule has 0 radical (unpaired) electrons. The lowest BCUT2D eigenvalue weighted by molar-refractivity contribution is -0.174. The summed E-state index contributed by atoms with van der Waals surface area (Å²) in [6, 6.07) is -0.447. The van der Waals surface area contributed by atoms with E-state index in [1.165, 1.54) is 0 Å². The Morgan fingerprint density at radius 2 is 2.14 bits per heavy atom. The normalized spacial score (nSPS) is 13.6. The van der Waals surface area contributed by atoms with Crippen molar-refractivity contribution >= 4 is 0 Å². The van der Waals surface area contributed by atoms with Crippen molar-refractivity contribution in [2.45, 2.75) is 25.6 Å². The van der Waals surface area contributed by atoms with Gasteiger partial charge >= 0.3 is 6.18 Å². The molecule has 1 atom stereocenters. The van der Waals surface area contributed by atoms with E-state index < -0.39 is 18.8 Å². The molecule has 0 aliphatic carbocycles. The second kappa shape index (κ2) is 6.68. The van der Waals surface area contributed by atoms with Gasteiger partial charge in [0, 0.05) is 0 Å². The van der Waals surface area contributed by atoms with Crippen molar-refractivity contribution in [1.29, 1.82) is 0 Å². The summed E-state index contributed by atoms with van der Waals surface area (Å²) in [7, 11) is 0. The lowest BCUT2D eigenvalue weighted by Crippen LogP contribution is -2.34. The summed E-state index contributed by atoms with van der Waals surface area (Å²) in [6.45, 7) is 1.25. The minimum Gasteiger partial charge on any atom is -0.369 e. The third-order valence-electron chi connectivity index (χ3n) is 1.39. The zero-order valence-electron chi connectivity index (χ0n) is 8.03. The molecule has 0 amide bonds. The Kier molecular flexibility index (Phi) is 6.34. The summed E-state index contributed by atoms with van der Waals surface area (Å²) < 4.78 is 39.4. The van der Waals surface area contributed by atoms with Gasteiger partial charge in [-0.2, -0.15) is 13.2 Å². The molecule has 14 heavy (non-hydrogen) atoms. The molecule has 82 valence electrons. The van der Waals surface area contributed by atoms with E-state index in [1.807, 2.05) is 6.92 Å². The molecular weight excluding hydrogens is 195 g/mol. The topological polar surface area (TPSA) is 21.3 Å². The largest absolute Gasteiger partial charge is 0.411 e. The predicted molar refractivity (Wildman–Crippen MR) is 47.8 cm³/mol. The molecule has 0 aromatic carbocycles. The Hall–Kier alpha value is -0.730. The highest BCUT2D eigenvalue weighted by Gasteiger charge is 2.27. The molecule has 2 nitrogen and oxygen atoms in total. The van der Waals surface area contributed by atoms with Gasteiger partial charge in [-0.25, -0.2) is 0 Å². The van der Waals surface area contributed by atoms with E-state index in [-0.39, 0.29) is 6.61 Å². The molecule has 0 aromatic heterocycles. The first-order valence-corrected chi connectivity index (χ1v) is 4.33. The number of alkyl halides is 3. The third-order valence-corrected chi connectivity index (χ3v) is 1.39. The van der Waals surface area contributed by atoms with Crippen LogP contribution in [0.1, 0.15) is 13.3 Å². The first-order chi connectivity index (χ1) is 6.49. The van der Waals surface area contributed by atoms with Crippen molar-refractivity contribution in [2.24, 2.45) is 0 Å². The Bertz CT molecular complexity index is 185. The fourth-order valence-electron chi connectivity index (χ4n) is 0.777. The van der Waals surface area contributed by atoms with Crippen LogP contribution < -0.4 is 5.32 Å². The second-order valence-electron chi connectivity index (χ2n) is 2.80. The van der Waals surface area contributed by atoms with Crippen LogP contribution >= 0.6 is 0 Å². The third kappa shape index (κ3) is 7.90. The average Bonchev–Trinajstić information content (AvgIpc) is 2.09. The molecule has 1 unspecified atom stereocenters. The number of nitrogens with one attached hydrogen (secondary N) is 1. The lowest BCUT2D eigenvalue weighted by atomic mass is 10.3. The minimum atomic E-state index is -4.29. The Morgan fingerprint density at radius 3 is 2.57 bits per heavy atom. The van der Waals surface area contributed by atoms with E-state index >= 15 is 0 Å². The van der Waals surface area contributed by atoms with Gasteiger partial charge < -0.3 is 10.1 Å². The van der Waals surface area contributed by atoms with Gasteiger partial charge in [-0.3, -0.25) is 0 Å². The summed E-state index contributed by atoms with van der Waals surface area (Å²) in [5.41, 5.74) is 0. The fourth-order valence-corrected chi connectivity index (χ4v) is 0.777. The SMILES string of the molecule is C#CC(COCC(F)(F)F)NCCC. The molecular formula is C9H14F3NO. The highest BCUT2D eigenvalue weighted by Crippen LogP contribution is 2.14. The van der Waals surface area contributed by atoms with Crippen LogP contribution in [0, 0.1) is 12.3 Å². The molecule has 0 saturated carbocycles. The number of rotatable bonds is 6. The van der Waals surface area contributed by atoms with Crippen LogP contribution in [0.15, 0.2) is 0 Å². The number of hydrogen-bond acceptors (Lipinski definition) is 2. The lowest BCUT2D eigenvalue weighted by Gasteiger charge is -2.13. The van der Waals surface area contributed by atoms with E-state index in [2.05, 4.69) is 16.0 Å². The van der Waals surface area contributed by atoms with Crippen molar-refractivity contribution in [2.75, 3.05) is 19.8 Å². The molecule has 0 heterocycles. The van der Waals surface area contributed by atoms with Gasteiger partial charge in [-0.15, -0.1) is 6.42 Å². The van der Waals surface area contributed by atoms with Crippen molar-refractivity contribution in [3.63, 3.8) is 0 Å². The first kappa shape index (κ1) is 13.3. The zero-order chi connectivity index (χ0) is 11.0.